The highest BCUT2D eigenvalue weighted by Gasteiger charge is 2.24. The second kappa shape index (κ2) is 8.11. The van der Waals surface area contributed by atoms with Crippen LogP contribution in [0.5, 0.6) is 0 Å². The molecule has 0 spiro atoms. The first-order chi connectivity index (χ1) is 10.9. The summed E-state index contributed by atoms with van der Waals surface area (Å²) < 4.78 is 25.0. The molecule has 0 bridgehead atoms. The van der Waals surface area contributed by atoms with Gasteiger partial charge in [0.1, 0.15) is 5.82 Å². The van der Waals surface area contributed by atoms with E-state index in [-0.39, 0.29) is 12.1 Å². The minimum Gasteiger partial charge on any atom is -0.368 e. The molecule has 0 aliphatic carbocycles. The molecule has 2 amide bonds. The lowest BCUT2D eigenvalue weighted by Gasteiger charge is -2.32. The molecule has 1 fully saturated rings. The van der Waals surface area contributed by atoms with Crippen LogP contribution in [0.2, 0.25) is 0 Å². The van der Waals surface area contributed by atoms with E-state index >= 15 is 0 Å². The highest BCUT2D eigenvalue weighted by molar-refractivity contribution is 7.88. The fraction of sp³-hybridized carbons (Fsp3) is 0.571. The largest absolute Gasteiger partial charge is 0.368 e. The minimum atomic E-state index is -3.19. The van der Waals surface area contributed by atoms with Gasteiger partial charge in [-0.1, -0.05) is 6.07 Å². The van der Waals surface area contributed by atoms with E-state index in [1.165, 1.54) is 0 Å². The Labute approximate surface area is 136 Å². The van der Waals surface area contributed by atoms with Gasteiger partial charge < -0.3 is 15.5 Å². The molecule has 1 saturated heterocycles. The quantitative estimate of drug-likeness (QED) is 0.642. The molecule has 1 aliphatic rings. The minimum absolute atomic E-state index is 0.0835. The van der Waals surface area contributed by atoms with E-state index in [1.807, 2.05) is 18.2 Å². The summed E-state index contributed by atoms with van der Waals surface area (Å²) in [6.45, 7) is 2.19. The zero-order valence-corrected chi connectivity index (χ0v) is 14.0. The Morgan fingerprint density at radius 1 is 1.30 bits per heavy atom. The van der Waals surface area contributed by atoms with Crippen LogP contribution in [0.15, 0.2) is 24.4 Å². The molecule has 0 radical (unpaired) electrons. The topological polar surface area (TPSA) is 103 Å². The lowest BCUT2D eigenvalue weighted by atomic mass is 10.1. The van der Waals surface area contributed by atoms with E-state index < -0.39 is 10.0 Å². The monoisotopic (exact) mass is 341 g/mol. The highest BCUT2D eigenvalue weighted by atomic mass is 32.2. The predicted octanol–water partition coefficient (Wildman–Crippen LogP) is 0.217. The molecular formula is C14H23N5O3S. The Morgan fingerprint density at radius 2 is 2.04 bits per heavy atom. The number of piperidine rings is 1. The van der Waals surface area contributed by atoms with Crippen LogP contribution in [-0.2, 0) is 10.0 Å². The van der Waals surface area contributed by atoms with Gasteiger partial charge in [-0.15, -0.1) is 0 Å². The Hall–Kier alpha value is -1.87. The van der Waals surface area contributed by atoms with Crippen LogP contribution in [0.3, 0.4) is 0 Å². The molecule has 1 aromatic rings. The number of urea groups is 1. The van der Waals surface area contributed by atoms with Gasteiger partial charge in [0.15, 0.2) is 0 Å². The number of hydrogen-bond acceptors (Lipinski definition) is 5. The van der Waals surface area contributed by atoms with Gasteiger partial charge in [0.2, 0.25) is 10.0 Å². The van der Waals surface area contributed by atoms with Gasteiger partial charge in [-0.05, 0) is 25.0 Å². The summed E-state index contributed by atoms with van der Waals surface area (Å²) >= 11 is 0. The normalized spacial score (nSPS) is 16.1. The number of nitrogens with zero attached hydrogens (tertiary/aromatic N) is 2. The van der Waals surface area contributed by atoms with E-state index in [0.29, 0.717) is 39.0 Å². The van der Waals surface area contributed by atoms with E-state index in [9.17, 15) is 13.2 Å². The van der Waals surface area contributed by atoms with Crippen molar-refractivity contribution in [2.75, 3.05) is 37.8 Å². The number of rotatable bonds is 6. The maximum absolute atomic E-state index is 12.0. The van der Waals surface area contributed by atoms with Gasteiger partial charge in [-0.25, -0.2) is 22.9 Å². The molecule has 128 valence electrons. The molecule has 9 heteroatoms. The third-order valence-electron chi connectivity index (χ3n) is 3.54. The highest BCUT2D eigenvalue weighted by Crippen LogP contribution is 2.11. The van der Waals surface area contributed by atoms with Crippen LogP contribution in [0.1, 0.15) is 12.8 Å². The summed E-state index contributed by atoms with van der Waals surface area (Å²) in [6, 6.07) is 5.39. The smallest absolute Gasteiger partial charge is 0.317 e. The second-order valence-corrected chi connectivity index (χ2v) is 7.31. The van der Waals surface area contributed by atoms with Crippen molar-refractivity contribution in [3.63, 3.8) is 0 Å². The van der Waals surface area contributed by atoms with Gasteiger partial charge in [0.25, 0.3) is 0 Å². The SMILES string of the molecule is CS(=O)(=O)NC1CCN(C(=O)NCCNc2ccccn2)CC1. The van der Waals surface area contributed by atoms with Crippen molar-refractivity contribution in [3.05, 3.63) is 24.4 Å². The summed E-state index contributed by atoms with van der Waals surface area (Å²) in [6.07, 6.45) is 4.12. The number of likely N-dealkylation sites (tertiary alicyclic amines) is 1. The number of aromatic nitrogens is 1. The molecule has 2 rings (SSSR count). The fourth-order valence-electron chi connectivity index (χ4n) is 2.44. The number of anilines is 1. The lowest BCUT2D eigenvalue weighted by molar-refractivity contribution is 0.180. The summed E-state index contributed by atoms with van der Waals surface area (Å²) in [5.74, 6) is 0.773. The molecule has 1 aliphatic heterocycles. The molecule has 3 N–H and O–H groups in total. The van der Waals surface area contributed by atoms with Gasteiger partial charge in [-0.3, -0.25) is 0 Å². The van der Waals surface area contributed by atoms with E-state index in [2.05, 4.69) is 20.3 Å². The van der Waals surface area contributed by atoms with E-state index in [1.54, 1.807) is 11.1 Å². The molecule has 0 unspecified atom stereocenters. The van der Waals surface area contributed by atoms with Crippen molar-refractivity contribution in [3.8, 4) is 0 Å². The van der Waals surface area contributed by atoms with Crippen LogP contribution in [0, 0.1) is 0 Å². The van der Waals surface area contributed by atoms with Crippen LogP contribution in [0.25, 0.3) is 0 Å². The second-order valence-electron chi connectivity index (χ2n) is 5.53. The van der Waals surface area contributed by atoms with Crippen molar-refractivity contribution < 1.29 is 13.2 Å². The van der Waals surface area contributed by atoms with Crippen LogP contribution in [0.4, 0.5) is 10.6 Å². The Bertz CT molecular complexity index is 600. The van der Waals surface area contributed by atoms with Crippen molar-refractivity contribution in [2.45, 2.75) is 18.9 Å². The summed E-state index contributed by atoms with van der Waals surface area (Å²) in [4.78, 5) is 17.9. The van der Waals surface area contributed by atoms with Gasteiger partial charge in [0.05, 0.1) is 6.26 Å². The lowest BCUT2D eigenvalue weighted by Crippen LogP contribution is -2.49. The Kier molecular flexibility index (Phi) is 6.17. The first-order valence-electron chi connectivity index (χ1n) is 7.59. The third kappa shape index (κ3) is 6.41. The first kappa shape index (κ1) is 17.5. The van der Waals surface area contributed by atoms with E-state index in [0.717, 1.165) is 12.1 Å². The summed E-state index contributed by atoms with van der Waals surface area (Å²) in [7, 11) is -3.19. The van der Waals surface area contributed by atoms with Crippen molar-refractivity contribution in [1.29, 1.82) is 0 Å². The Balaban J connectivity index is 1.63. The maximum atomic E-state index is 12.0. The number of nitrogens with one attached hydrogen (secondary N) is 3. The van der Waals surface area contributed by atoms with Crippen molar-refractivity contribution in [1.82, 2.24) is 19.9 Å². The first-order valence-corrected chi connectivity index (χ1v) is 9.48. The van der Waals surface area contributed by atoms with Gasteiger partial charge >= 0.3 is 6.03 Å². The molecule has 23 heavy (non-hydrogen) atoms. The van der Waals surface area contributed by atoms with Crippen LogP contribution in [-0.4, -0.2) is 62.8 Å². The third-order valence-corrected chi connectivity index (χ3v) is 4.30. The Morgan fingerprint density at radius 3 is 2.65 bits per heavy atom. The number of sulfonamides is 1. The van der Waals surface area contributed by atoms with Gasteiger partial charge in [-0.2, -0.15) is 0 Å². The molecule has 0 saturated carbocycles. The molecule has 1 aromatic heterocycles. The summed E-state index contributed by atoms with van der Waals surface area (Å²) in [5, 5.41) is 5.96. The van der Waals surface area contributed by atoms with Crippen LogP contribution < -0.4 is 15.4 Å². The molecule has 0 aromatic carbocycles. The zero-order valence-electron chi connectivity index (χ0n) is 13.2. The fourth-order valence-corrected chi connectivity index (χ4v) is 3.28. The zero-order chi connectivity index (χ0) is 16.7. The van der Waals surface area contributed by atoms with E-state index in [4.69, 9.17) is 0 Å². The van der Waals surface area contributed by atoms with Crippen LogP contribution >= 0.6 is 0 Å². The maximum Gasteiger partial charge on any atom is 0.317 e. The summed E-state index contributed by atoms with van der Waals surface area (Å²) in [5.41, 5.74) is 0. The van der Waals surface area contributed by atoms with Crippen molar-refractivity contribution >= 4 is 21.9 Å². The molecule has 0 atom stereocenters. The standard InChI is InChI=1S/C14H23N5O3S/c1-23(21,22)18-12-5-10-19(11-6-12)14(20)17-9-8-16-13-4-2-3-7-15-13/h2-4,7,12,18H,5-6,8-11H2,1H3,(H,15,16)(H,17,20). The number of carbonyl (C=O) groups is 1. The number of carbonyl (C=O) groups excluding carboxylic acids is 1. The van der Waals surface area contributed by atoms with Gasteiger partial charge in [0, 0.05) is 38.4 Å². The van der Waals surface area contributed by atoms with Crippen molar-refractivity contribution in [2.24, 2.45) is 0 Å². The number of hydrogen-bond donors (Lipinski definition) is 3. The average molecular weight is 341 g/mol. The molecular weight excluding hydrogens is 318 g/mol. The number of pyridine rings is 1. The average Bonchev–Trinajstić information content (AvgIpc) is 2.51. The predicted molar refractivity (Wildman–Crippen MR) is 88.7 cm³/mol. The molecule has 2 heterocycles. The number of amides is 2. The molecule has 8 nitrogen and oxygen atoms in total.